The smallest absolute Gasteiger partial charge is 0.227 e. The van der Waals surface area contributed by atoms with Crippen LogP contribution in [0.2, 0.25) is 0 Å². The van der Waals surface area contributed by atoms with Crippen molar-refractivity contribution in [1.82, 2.24) is 24.9 Å². The monoisotopic (exact) mass is 564 g/mol. The number of rotatable bonds is 5. The molecule has 1 amide bonds. The van der Waals surface area contributed by atoms with Gasteiger partial charge in [-0.1, -0.05) is 19.3 Å². The molecule has 2 aliphatic heterocycles. The van der Waals surface area contributed by atoms with E-state index in [1.165, 1.54) is 6.42 Å². The van der Waals surface area contributed by atoms with Crippen molar-refractivity contribution in [2.45, 2.75) is 38.3 Å². The Morgan fingerprint density at radius 1 is 1.07 bits per heavy atom. The second kappa shape index (κ2) is 9.55. The molecule has 41 heavy (non-hydrogen) atoms. The number of nitrogens with one attached hydrogen (secondary N) is 2. The molecule has 2 fully saturated rings. The predicted molar refractivity (Wildman–Crippen MR) is 157 cm³/mol. The van der Waals surface area contributed by atoms with Crippen LogP contribution in [0.5, 0.6) is 0 Å². The molecule has 1 saturated carbocycles. The Morgan fingerprint density at radius 3 is 2.80 bits per heavy atom. The minimum absolute atomic E-state index is 0.00424. The summed E-state index contributed by atoms with van der Waals surface area (Å²) in [5, 5.41) is 7.05. The number of hydrogen-bond acceptors (Lipinski definition) is 8. The summed E-state index contributed by atoms with van der Waals surface area (Å²) < 4.78 is 16.5. The van der Waals surface area contributed by atoms with Crippen LogP contribution >= 0.6 is 11.3 Å². The molecule has 2 N–H and O–H groups in total. The number of carbonyl (C=O) groups excluding carboxylic acids is 1. The van der Waals surface area contributed by atoms with Crippen LogP contribution in [0.15, 0.2) is 58.9 Å². The average Bonchev–Trinajstić information content (AvgIpc) is 3.37. The summed E-state index contributed by atoms with van der Waals surface area (Å²) in [7, 11) is 0. The van der Waals surface area contributed by atoms with Crippen LogP contribution in [0, 0.1) is 11.7 Å². The van der Waals surface area contributed by atoms with Crippen LogP contribution in [-0.2, 0) is 4.79 Å². The van der Waals surface area contributed by atoms with Crippen LogP contribution in [0.3, 0.4) is 0 Å². The van der Waals surface area contributed by atoms with E-state index >= 15 is 4.39 Å². The highest BCUT2D eigenvalue weighted by Gasteiger charge is 2.43. The van der Waals surface area contributed by atoms with Crippen molar-refractivity contribution in [1.29, 1.82) is 0 Å². The van der Waals surface area contributed by atoms with Crippen molar-refractivity contribution >= 4 is 45.4 Å². The number of nitrogens with zero attached hydrogens (tertiary/aromatic N) is 6. The van der Waals surface area contributed by atoms with Crippen LogP contribution in [-0.4, -0.2) is 49.2 Å². The number of H-pyrrole nitrogens is 1. The summed E-state index contributed by atoms with van der Waals surface area (Å²) in [6.45, 7) is 0.698. The molecule has 0 aromatic carbocycles. The molecule has 204 valence electrons. The fraction of sp³-hybridized carbons (Fsp3) is 0.267. The lowest BCUT2D eigenvalue weighted by Crippen LogP contribution is -2.24. The number of aromatic nitrogens is 5. The molecule has 5 aromatic heterocycles. The SMILES string of the molecule is O=C(Nc1cncc(-c2ncc3c(c2F)C(c2nc4c(-c5ccsc5)cncc4[nH]2)=NC2CN32)c1)C1CCCCC1. The van der Waals surface area contributed by atoms with E-state index in [-0.39, 0.29) is 23.7 Å². The lowest BCUT2D eigenvalue weighted by Gasteiger charge is -2.21. The molecular weight excluding hydrogens is 539 g/mol. The van der Waals surface area contributed by atoms with Gasteiger partial charge >= 0.3 is 0 Å². The minimum atomic E-state index is -0.499. The number of anilines is 2. The Bertz CT molecular complexity index is 1840. The number of halogens is 1. The molecule has 0 radical (unpaired) electrons. The van der Waals surface area contributed by atoms with Gasteiger partial charge in [-0.05, 0) is 41.3 Å². The first-order chi connectivity index (χ1) is 20.1. The first kappa shape index (κ1) is 24.3. The summed E-state index contributed by atoms with van der Waals surface area (Å²) in [6, 6.07) is 3.76. The Morgan fingerprint density at radius 2 is 1.95 bits per heavy atom. The molecule has 1 aliphatic carbocycles. The van der Waals surface area contributed by atoms with Crippen molar-refractivity contribution in [2.24, 2.45) is 10.9 Å². The van der Waals surface area contributed by atoms with Gasteiger partial charge in [0.2, 0.25) is 5.91 Å². The third-order valence-corrected chi connectivity index (χ3v) is 8.80. The number of imidazole rings is 1. The van der Waals surface area contributed by atoms with Crippen molar-refractivity contribution < 1.29 is 9.18 Å². The number of aromatic amines is 1. The number of hydrogen-bond donors (Lipinski definition) is 2. The average molecular weight is 565 g/mol. The van der Waals surface area contributed by atoms with Gasteiger partial charge in [-0.2, -0.15) is 11.3 Å². The maximum absolute atomic E-state index is 16.5. The molecule has 7 heterocycles. The normalized spacial score (nSPS) is 18.1. The highest BCUT2D eigenvalue weighted by Crippen LogP contribution is 2.41. The molecule has 8 rings (SSSR count). The molecule has 11 heteroatoms. The Kier molecular flexibility index (Phi) is 5.66. The van der Waals surface area contributed by atoms with E-state index in [4.69, 9.17) is 9.98 Å². The second-order valence-electron chi connectivity index (χ2n) is 10.8. The van der Waals surface area contributed by atoms with E-state index in [0.717, 1.165) is 47.8 Å². The van der Waals surface area contributed by atoms with E-state index in [1.54, 1.807) is 48.4 Å². The topological polar surface area (TPSA) is 112 Å². The molecule has 1 unspecified atom stereocenters. The molecule has 1 saturated heterocycles. The summed E-state index contributed by atoms with van der Waals surface area (Å²) >= 11 is 1.61. The van der Waals surface area contributed by atoms with Crippen LogP contribution in [0.25, 0.3) is 33.4 Å². The highest BCUT2D eigenvalue weighted by atomic mass is 32.1. The van der Waals surface area contributed by atoms with E-state index < -0.39 is 5.82 Å². The number of amides is 1. The summed E-state index contributed by atoms with van der Waals surface area (Å²) in [4.78, 5) is 41.1. The van der Waals surface area contributed by atoms with E-state index in [0.29, 0.717) is 40.6 Å². The van der Waals surface area contributed by atoms with Crippen LogP contribution < -0.4 is 10.2 Å². The summed E-state index contributed by atoms with van der Waals surface area (Å²) in [6.07, 6.45) is 13.4. The second-order valence-corrected chi connectivity index (χ2v) is 11.5. The first-order valence-electron chi connectivity index (χ1n) is 13.8. The zero-order chi connectivity index (χ0) is 27.5. The summed E-state index contributed by atoms with van der Waals surface area (Å²) in [5.41, 5.74) is 6.11. The number of aliphatic imine (C=N–C) groups is 1. The quantitative estimate of drug-likeness (QED) is 0.261. The predicted octanol–water partition coefficient (Wildman–Crippen LogP) is 5.80. The van der Waals surface area contributed by atoms with Crippen LogP contribution in [0.4, 0.5) is 15.8 Å². The Balaban J connectivity index is 1.17. The van der Waals surface area contributed by atoms with Gasteiger partial charge in [0.1, 0.15) is 23.1 Å². The molecular formula is C30H25FN8OS. The van der Waals surface area contributed by atoms with Gasteiger partial charge in [0.25, 0.3) is 0 Å². The van der Waals surface area contributed by atoms with Gasteiger partial charge < -0.3 is 15.2 Å². The maximum Gasteiger partial charge on any atom is 0.227 e. The molecule has 0 spiro atoms. The first-order valence-corrected chi connectivity index (χ1v) is 14.7. The van der Waals surface area contributed by atoms with Gasteiger partial charge in [-0.3, -0.25) is 24.7 Å². The summed E-state index contributed by atoms with van der Waals surface area (Å²) in [5.74, 6) is -0.0176. The van der Waals surface area contributed by atoms with Gasteiger partial charge in [0.05, 0.1) is 47.6 Å². The molecule has 0 bridgehead atoms. The van der Waals surface area contributed by atoms with Gasteiger partial charge in [0.15, 0.2) is 11.6 Å². The lowest BCUT2D eigenvalue weighted by molar-refractivity contribution is -0.120. The van der Waals surface area contributed by atoms with Crippen molar-refractivity contribution in [3.63, 3.8) is 0 Å². The highest BCUT2D eigenvalue weighted by molar-refractivity contribution is 7.08. The zero-order valence-electron chi connectivity index (χ0n) is 22.0. The van der Waals surface area contributed by atoms with Gasteiger partial charge in [-0.15, -0.1) is 0 Å². The fourth-order valence-electron chi connectivity index (χ4n) is 5.93. The van der Waals surface area contributed by atoms with E-state index in [1.807, 2.05) is 16.3 Å². The zero-order valence-corrected chi connectivity index (χ0v) is 22.8. The molecule has 3 aliphatic rings. The van der Waals surface area contributed by atoms with E-state index in [9.17, 15) is 4.79 Å². The van der Waals surface area contributed by atoms with Crippen LogP contribution in [0.1, 0.15) is 43.5 Å². The third kappa shape index (κ3) is 4.19. The molecule has 1 atom stereocenters. The Labute approximate surface area is 238 Å². The van der Waals surface area contributed by atoms with Crippen molar-refractivity contribution in [2.75, 3.05) is 16.8 Å². The molecule has 5 aromatic rings. The number of carbonyl (C=O) groups is 1. The minimum Gasteiger partial charge on any atom is -0.342 e. The van der Waals surface area contributed by atoms with E-state index in [2.05, 4.69) is 30.6 Å². The number of pyridine rings is 3. The number of thiophene rings is 1. The Hall–Kier alpha value is -4.51. The van der Waals surface area contributed by atoms with Gasteiger partial charge in [-0.25, -0.2) is 9.37 Å². The maximum atomic E-state index is 16.5. The lowest BCUT2D eigenvalue weighted by atomic mass is 9.88. The van der Waals surface area contributed by atoms with Crippen molar-refractivity contribution in [3.05, 3.63) is 71.1 Å². The standard InChI is InChI=1S/C30H25FN8OS/c31-25-24-22(13-34-26(25)18-8-19(10-32-9-18)35-30(40)16-4-2-1-3-5-16)39-14-23(39)37-28(24)29-36-21-12-33-11-20(27(21)38-29)17-6-7-41-15-17/h6-13,15-16,23H,1-5,14H2,(H,35,40)(H,36,38). The molecule has 9 nitrogen and oxygen atoms in total. The van der Waals surface area contributed by atoms with Gasteiger partial charge in [0, 0.05) is 29.4 Å². The number of fused-ring (bicyclic) bond motifs is 4. The largest absolute Gasteiger partial charge is 0.342 e. The van der Waals surface area contributed by atoms with Crippen molar-refractivity contribution in [3.8, 4) is 22.4 Å². The fourth-order valence-corrected chi connectivity index (χ4v) is 6.59. The third-order valence-electron chi connectivity index (χ3n) is 8.12.